The Morgan fingerprint density at radius 2 is 1.78 bits per heavy atom. The maximum absolute atomic E-state index is 14.5. The summed E-state index contributed by atoms with van der Waals surface area (Å²) in [5.74, 6) is -0.376. The molecule has 1 unspecified atom stereocenters. The van der Waals surface area contributed by atoms with Crippen LogP contribution in [0.15, 0.2) is 60.3 Å². The number of aliphatic hydroxyl groups is 3. The maximum atomic E-state index is 14.5. The van der Waals surface area contributed by atoms with Crippen LogP contribution in [0.1, 0.15) is 88.5 Å². The molecule has 5 aliphatic rings. The summed E-state index contributed by atoms with van der Waals surface area (Å²) in [6.07, 6.45) is 14.8. The van der Waals surface area contributed by atoms with Crippen LogP contribution < -0.4 is 9.47 Å². The highest BCUT2D eigenvalue weighted by atomic mass is 16.8. The van der Waals surface area contributed by atoms with Crippen molar-refractivity contribution >= 4 is 11.6 Å². The number of carbonyl (C=O) groups excluding carboxylic acids is 1. The third kappa shape index (κ3) is 9.65. The molecular weight excluding hydrogens is 704 g/mol. The van der Waals surface area contributed by atoms with Crippen LogP contribution in [0.25, 0.3) is 0 Å². The molecular formula is C43H62N2O10. The van der Waals surface area contributed by atoms with Crippen molar-refractivity contribution in [3.63, 3.8) is 0 Å². The number of oxime groups is 1. The van der Waals surface area contributed by atoms with Crippen LogP contribution in [-0.2, 0) is 23.8 Å². The molecule has 0 spiro atoms. The molecule has 3 N–H and O–H groups in total. The highest BCUT2D eigenvalue weighted by molar-refractivity contribution is 6.03. The van der Waals surface area contributed by atoms with Crippen LogP contribution in [0, 0.1) is 23.7 Å². The van der Waals surface area contributed by atoms with Crippen molar-refractivity contribution in [3.05, 3.63) is 60.7 Å². The van der Waals surface area contributed by atoms with E-state index in [2.05, 4.69) is 25.3 Å². The first-order valence-electron chi connectivity index (χ1n) is 20.6. The van der Waals surface area contributed by atoms with Gasteiger partial charge in [-0.2, -0.15) is 0 Å². The predicted octanol–water partition coefficient (Wildman–Crippen LogP) is 5.66. The molecule has 55 heavy (non-hydrogen) atoms. The molecule has 2 aliphatic heterocycles. The summed E-state index contributed by atoms with van der Waals surface area (Å²) >= 11 is 0. The number of aliphatic hydroxyl groups excluding tert-OH is 3. The fourth-order valence-corrected chi connectivity index (χ4v) is 9.12. The van der Waals surface area contributed by atoms with E-state index in [9.17, 15) is 20.1 Å². The number of amides is 1. The average molecular weight is 767 g/mol. The number of benzene rings is 1. The standard InChI is InChI=1S/C43H62N2O10/c1-3-22-51-32-16-17-37-35(28-32)40-33(12-6-9-20-47)31(11-5-8-19-46)27-34-36(44-55-39-13-7-10-24-52-39)29-38(43(54-37,41(34)40)53-23-4-2)45(18-25-50-26-21-48)42(49)30-14-15-30/h3-4,16-17,27-28,30-31,33,38-41,46-48H,1-2,5-15,18-26,29H2/t31-,33+,38-,39?,40+,41+,43+/m0/s1. The molecule has 2 saturated carbocycles. The van der Waals surface area contributed by atoms with Gasteiger partial charge in [0.05, 0.1) is 44.7 Å². The first-order chi connectivity index (χ1) is 27.0. The summed E-state index contributed by atoms with van der Waals surface area (Å²) in [6.45, 7) is 9.82. The normalized spacial score (nSPS) is 29.0. The Hall–Kier alpha value is -3.26. The third-order valence-corrected chi connectivity index (χ3v) is 11.7. The monoisotopic (exact) mass is 766 g/mol. The number of unbranched alkanes of at least 4 members (excludes halogenated alkanes) is 2. The number of allylic oxidation sites excluding steroid dienone is 1. The van der Waals surface area contributed by atoms with Crippen molar-refractivity contribution < 1.29 is 48.6 Å². The molecule has 2 heterocycles. The second kappa shape index (κ2) is 20.2. The Labute approximate surface area is 326 Å². The minimum atomic E-state index is -1.34. The fraction of sp³-hybridized carbons (Fsp3) is 0.674. The molecule has 0 bridgehead atoms. The lowest BCUT2D eigenvalue weighted by Gasteiger charge is -2.60. The SMILES string of the molecule is C=CCOc1ccc2c(c1)[C@H]1[C@H](CCCCO)[C@@H](CCCCO)C=C3C(=NOC4CCCCO4)C[C@H](N(CCOCCO)C(=O)C4CC4)[C@@](OCC=C)(O2)[C@H]31. The summed E-state index contributed by atoms with van der Waals surface area (Å²) in [5.41, 5.74) is 2.72. The van der Waals surface area contributed by atoms with Crippen LogP contribution in [0.3, 0.4) is 0 Å². The molecule has 1 aromatic carbocycles. The Bertz CT molecular complexity index is 1490. The molecule has 0 radical (unpaired) electrons. The molecule has 1 saturated heterocycles. The van der Waals surface area contributed by atoms with E-state index >= 15 is 0 Å². The Kier molecular flexibility index (Phi) is 15.2. The summed E-state index contributed by atoms with van der Waals surface area (Å²) in [7, 11) is 0. The van der Waals surface area contributed by atoms with Crippen LogP contribution in [0.2, 0.25) is 0 Å². The highest BCUT2D eigenvalue weighted by Crippen LogP contribution is 2.62. The smallest absolute Gasteiger partial charge is 0.239 e. The van der Waals surface area contributed by atoms with Crippen molar-refractivity contribution in [2.45, 2.75) is 101 Å². The summed E-state index contributed by atoms with van der Waals surface area (Å²) in [5, 5.41) is 34.1. The number of ether oxygens (including phenoxy) is 5. The van der Waals surface area contributed by atoms with Gasteiger partial charge in [0, 0.05) is 50.0 Å². The molecule has 3 fully saturated rings. The Morgan fingerprint density at radius 3 is 2.49 bits per heavy atom. The average Bonchev–Trinajstić information content (AvgIpc) is 4.06. The van der Waals surface area contributed by atoms with E-state index in [0.717, 1.165) is 74.6 Å². The Morgan fingerprint density at radius 1 is 0.982 bits per heavy atom. The van der Waals surface area contributed by atoms with Gasteiger partial charge in [-0.15, -0.1) is 6.58 Å². The molecule has 12 nitrogen and oxygen atoms in total. The van der Waals surface area contributed by atoms with Gasteiger partial charge >= 0.3 is 0 Å². The zero-order valence-electron chi connectivity index (χ0n) is 32.4. The van der Waals surface area contributed by atoms with E-state index in [1.54, 1.807) is 12.2 Å². The largest absolute Gasteiger partial charge is 0.490 e. The van der Waals surface area contributed by atoms with Gasteiger partial charge in [-0.3, -0.25) is 4.79 Å². The summed E-state index contributed by atoms with van der Waals surface area (Å²) in [4.78, 5) is 22.6. The van der Waals surface area contributed by atoms with Crippen LogP contribution in [0.4, 0.5) is 0 Å². The third-order valence-electron chi connectivity index (χ3n) is 11.7. The number of rotatable bonds is 23. The quantitative estimate of drug-likeness (QED) is 0.0724. The molecule has 6 rings (SSSR count). The molecule has 0 aromatic heterocycles. The van der Waals surface area contributed by atoms with Crippen LogP contribution in [0.5, 0.6) is 11.5 Å². The van der Waals surface area contributed by atoms with Gasteiger partial charge in [-0.1, -0.05) is 42.8 Å². The highest BCUT2D eigenvalue weighted by Gasteiger charge is 2.66. The van der Waals surface area contributed by atoms with Crippen molar-refractivity contribution in [1.29, 1.82) is 0 Å². The second-order valence-corrected chi connectivity index (χ2v) is 15.4. The first-order valence-corrected chi connectivity index (χ1v) is 20.6. The van der Waals surface area contributed by atoms with Crippen molar-refractivity contribution in [1.82, 2.24) is 4.90 Å². The molecule has 12 heteroatoms. The second-order valence-electron chi connectivity index (χ2n) is 15.4. The number of nitrogens with zero attached hydrogens (tertiary/aromatic N) is 2. The minimum absolute atomic E-state index is 0.0267. The van der Waals surface area contributed by atoms with Crippen molar-refractivity contribution in [2.75, 3.05) is 59.4 Å². The van der Waals surface area contributed by atoms with Gasteiger partial charge in [-0.05, 0) is 87.0 Å². The number of hydrogen-bond donors (Lipinski definition) is 3. The van der Waals surface area contributed by atoms with Crippen LogP contribution >= 0.6 is 0 Å². The lowest BCUT2D eigenvalue weighted by molar-refractivity contribution is -0.258. The zero-order chi connectivity index (χ0) is 38.6. The predicted molar refractivity (Wildman–Crippen MR) is 208 cm³/mol. The molecule has 3 aliphatic carbocycles. The van der Waals surface area contributed by atoms with Gasteiger partial charge < -0.3 is 48.7 Å². The summed E-state index contributed by atoms with van der Waals surface area (Å²) in [6, 6.07) is 5.32. The van der Waals surface area contributed by atoms with Gasteiger partial charge in [0.1, 0.15) is 24.1 Å². The molecule has 304 valence electrons. The van der Waals surface area contributed by atoms with E-state index in [0.29, 0.717) is 44.0 Å². The minimum Gasteiger partial charge on any atom is -0.490 e. The van der Waals surface area contributed by atoms with E-state index in [1.165, 1.54) is 0 Å². The number of carbonyl (C=O) groups is 1. The maximum Gasteiger partial charge on any atom is 0.239 e. The molecule has 1 aromatic rings. The lowest BCUT2D eigenvalue weighted by Crippen LogP contribution is -2.70. The van der Waals surface area contributed by atoms with Crippen LogP contribution in [-0.4, -0.2) is 109 Å². The lowest BCUT2D eigenvalue weighted by atomic mass is 9.55. The van der Waals surface area contributed by atoms with Crippen molar-refractivity contribution in [2.24, 2.45) is 28.8 Å². The van der Waals surface area contributed by atoms with Gasteiger partial charge in [0.15, 0.2) is 0 Å². The number of hydrogen-bond acceptors (Lipinski definition) is 11. The summed E-state index contributed by atoms with van der Waals surface area (Å²) < 4.78 is 32.2. The van der Waals surface area contributed by atoms with E-state index in [-0.39, 0.29) is 75.8 Å². The zero-order valence-corrected chi connectivity index (χ0v) is 32.4. The van der Waals surface area contributed by atoms with Gasteiger partial charge in [0.2, 0.25) is 18.0 Å². The van der Waals surface area contributed by atoms with Crippen molar-refractivity contribution in [3.8, 4) is 11.5 Å². The van der Waals surface area contributed by atoms with E-state index in [1.807, 2.05) is 17.0 Å². The first kappa shape index (κ1) is 41.4. The molecule has 1 amide bonds. The van der Waals surface area contributed by atoms with E-state index in [4.69, 9.17) is 33.7 Å². The fourth-order valence-electron chi connectivity index (χ4n) is 9.12. The van der Waals surface area contributed by atoms with E-state index < -0.39 is 24.0 Å². The van der Waals surface area contributed by atoms with Gasteiger partial charge in [-0.25, -0.2) is 0 Å². The van der Waals surface area contributed by atoms with Gasteiger partial charge in [0.25, 0.3) is 0 Å². The number of fused-ring (bicyclic) bond motifs is 2. The Balaban J connectivity index is 1.56. The topological polar surface area (TPSA) is 149 Å². The molecule has 7 atom stereocenters.